The molecule has 5 nitrogen and oxygen atoms in total. The van der Waals surface area contributed by atoms with E-state index in [1.54, 1.807) is 19.3 Å². The maximum absolute atomic E-state index is 11.3. The van der Waals surface area contributed by atoms with Crippen LogP contribution >= 0.6 is 0 Å². The number of anilines is 1. The number of benzene rings is 1. The van der Waals surface area contributed by atoms with E-state index in [4.69, 9.17) is 10.00 Å². The van der Waals surface area contributed by atoms with Crippen molar-refractivity contribution in [2.24, 2.45) is 7.05 Å². The molecule has 1 unspecified atom stereocenters. The third-order valence-electron chi connectivity index (χ3n) is 3.15. The Balaban J connectivity index is 2.05. The van der Waals surface area contributed by atoms with Gasteiger partial charge >= 0.3 is 0 Å². The van der Waals surface area contributed by atoms with Crippen molar-refractivity contribution in [1.82, 2.24) is 4.57 Å². The Morgan fingerprint density at radius 1 is 1.29 bits per heavy atom. The van der Waals surface area contributed by atoms with E-state index in [9.17, 15) is 4.79 Å². The summed E-state index contributed by atoms with van der Waals surface area (Å²) < 4.78 is 6.75. The molecule has 0 bridgehead atoms. The fraction of sp³-hybridized carbons (Fsp3) is 0.250. The second kappa shape index (κ2) is 6.62. The van der Waals surface area contributed by atoms with E-state index in [1.807, 2.05) is 37.3 Å². The number of nitriles is 1. The maximum Gasteiger partial charge on any atom is 0.250 e. The summed E-state index contributed by atoms with van der Waals surface area (Å²) in [7, 11) is 1.72. The van der Waals surface area contributed by atoms with Gasteiger partial charge in [-0.3, -0.25) is 4.79 Å². The number of pyridine rings is 1. The van der Waals surface area contributed by atoms with Crippen molar-refractivity contribution in [3.63, 3.8) is 0 Å². The molecule has 0 fully saturated rings. The number of rotatable bonds is 5. The summed E-state index contributed by atoms with van der Waals surface area (Å²) in [5.74, 6) is 0.676. The Labute approximate surface area is 123 Å². The number of aromatic nitrogens is 1. The molecule has 108 valence electrons. The van der Waals surface area contributed by atoms with Gasteiger partial charge in [0, 0.05) is 25.4 Å². The van der Waals surface area contributed by atoms with Crippen LogP contribution in [-0.2, 0) is 7.05 Å². The van der Waals surface area contributed by atoms with Crippen LogP contribution in [0.15, 0.2) is 47.4 Å². The van der Waals surface area contributed by atoms with Gasteiger partial charge in [-0.1, -0.05) is 12.1 Å². The third kappa shape index (κ3) is 3.86. The van der Waals surface area contributed by atoms with E-state index in [1.165, 1.54) is 10.6 Å². The molecule has 5 heteroatoms. The van der Waals surface area contributed by atoms with Gasteiger partial charge in [-0.2, -0.15) is 5.26 Å². The third-order valence-corrected chi connectivity index (χ3v) is 3.15. The second-order valence-electron chi connectivity index (χ2n) is 4.75. The Hall–Kier alpha value is -2.74. The van der Waals surface area contributed by atoms with Crippen LogP contribution in [0.1, 0.15) is 18.5 Å². The molecular formula is C16H17N3O2. The standard InChI is InChI=1S/C16H17N3O2/c1-12(18-14-5-8-16(20)19(2)11-14)13-3-6-15(7-4-13)21-10-9-17/h3-8,11-12,18H,10H2,1-2H3. The average molecular weight is 283 g/mol. The lowest BCUT2D eigenvalue weighted by molar-refractivity contribution is 0.368. The quantitative estimate of drug-likeness (QED) is 0.915. The van der Waals surface area contributed by atoms with E-state index in [0.29, 0.717) is 5.75 Å². The number of nitrogens with zero attached hydrogens (tertiary/aromatic N) is 2. The first-order valence-corrected chi connectivity index (χ1v) is 6.63. The Kier molecular flexibility index (Phi) is 4.62. The molecule has 2 rings (SSSR count). The molecule has 21 heavy (non-hydrogen) atoms. The summed E-state index contributed by atoms with van der Waals surface area (Å²) in [4.78, 5) is 11.3. The van der Waals surface area contributed by atoms with Crippen LogP contribution in [0.5, 0.6) is 5.75 Å². The topological polar surface area (TPSA) is 67.1 Å². The number of hydrogen-bond donors (Lipinski definition) is 1. The van der Waals surface area contributed by atoms with Gasteiger partial charge in [-0.15, -0.1) is 0 Å². The Bertz CT molecular complexity index is 699. The molecule has 1 atom stereocenters. The van der Waals surface area contributed by atoms with Crippen LogP contribution in [0.25, 0.3) is 0 Å². The molecule has 0 saturated carbocycles. The molecule has 1 aromatic carbocycles. The molecule has 1 heterocycles. The van der Waals surface area contributed by atoms with Crippen LogP contribution in [0.2, 0.25) is 0 Å². The summed E-state index contributed by atoms with van der Waals surface area (Å²) in [5.41, 5.74) is 1.94. The van der Waals surface area contributed by atoms with Crippen molar-refractivity contribution in [3.05, 3.63) is 58.5 Å². The number of nitrogens with one attached hydrogen (secondary N) is 1. The molecule has 0 aliphatic rings. The highest BCUT2D eigenvalue weighted by molar-refractivity contribution is 5.43. The molecule has 0 saturated heterocycles. The van der Waals surface area contributed by atoms with Gasteiger partial charge in [0.25, 0.3) is 0 Å². The zero-order valence-corrected chi connectivity index (χ0v) is 12.0. The van der Waals surface area contributed by atoms with Crippen molar-refractivity contribution in [3.8, 4) is 11.8 Å². The van der Waals surface area contributed by atoms with Crippen LogP contribution in [0.4, 0.5) is 5.69 Å². The van der Waals surface area contributed by atoms with Crippen molar-refractivity contribution < 1.29 is 4.74 Å². The lowest BCUT2D eigenvalue weighted by atomic mass is 10.1. The van der Waals surface area contributed by atoms with Gasteiger partial charge in [0.1, 0.15) is 11.8 Å². The van der Waals surface area contributed by atoms with Gasteiger partial charge in [0.15, 0.2) is 6.61 Å². The predicted octanol–water partition coefficient (Wildman–Crippen LogP) is 2.46. The van der Waals surface area contributed by atoms with Crippen molar-refractivity contribution in [2.75, 3.05) is 11.9 Å². The minimum Gasteiger partial charge on any atom is -0.479 e. The van der Waals surface area contributed by atoms with E-state index >= 15 is 0 Å². The number of hydrogen-bond acceptors (Lipinski definition) is 4. The Morgan fingerprint density at radius 2 is 2.00 bits per heavy atom. The highest BCUT2D eigenvalue weighted by atomic mass is 16.5. The van der Waals surface area contributed by atoms with Gasteiger partial charge in [0.05, 0.1) is 5.69 Å². The molecule has 1 aromatic heterocycles. The summed E-state index contributed by atoms with van der Waals surface area (Å²) in [6.45, 7) is 2.08. The fourth-order valence-electron chi connectivity index (χ4n) is 1.98. The summed E-state index contributed by atoms with van der Waals surface area (Å²) in [6.07, 6.45) is 1.77. The highest BCUT2D eigenvalue weighted by Crippen LogP contribution is 2.21. The van der Waals surface area contributed by atoms with E-state index in [0.717, 1.165) is 11.3 Å². The highest BCUT2D eigenvalue weighted by Gasteiger charge is 2.06. The van der Waals surface area contributed by atoms with Crippen molar-refractivity contribution in [1.29, 1.82) is 5.26 Å². The van der Waals surface area contributed by atoms with Crippen molar-refractivity contribution in [2.45, 2.75) is 13.0 Å². The monoisotopic (exact) mass is 283 g/mol. The minimum absolute atomic E-state index is 0.0350. The molecule has 0 amide bonds. The minimum atomic E-state index is -0.0350. The zero-order chi connectivity index (χ0) is 15.2. The normalized spacial score (nSPS) is 11.5. The van der Waals surface area contributed by atoms with E-state index < -0.39 is 0 Å². The molecular weight excluding hydrogens is 266 g/mol. The number of aryl methyl sites for hydroxylation is 1. The van der Waals surface area contributed by atoms with Gasteiger partial charge in [-0.25, -0.2) is 0 Å². The smallest absolute Gasteiger partial charge is 0.250 e. The lowest BCUT2D eigenvalue weighted by Gasteiger charge is -2.16. The SMILES string of the molecule is CC(Nc1ccc(=O)n(C)c1)c1ccc(OCC#N)cc1. The first-order valence-electron chi connectivity index (χ1n) is 6.63. The second-order valence-corrected chi connectivity index (χ2v) is 4.75. The van der Waals surface area contributed by atoms with E-state index in [-0.39, 0.29) is 18.2 Å². The lowest BCUT2D eigenvalue weighted by Crippen LogP contribution is -2.16. The summed E-state index contributed by atoms with van der Waals surface area (Å²) in [5, 5.41) is 11.8. The van der Waals surface area contributed by atoms with Crippen molar-refractivity contribution >= 4 is 5.69 Å². The first kappa shape index (κ1) is 14.7. The van der Waals surface area contributed by atoms with Crippen LogP contribution in [-0.4, -0.2) is 11.2 Å². The van der Waals surface area contributed by atoms with Crippen LogP contribution in [0.3, 0.4) is 0 Å². The first-order chi connectivity index (χ1) is 10.1. The van der Waals surface area contributed by atoms with Gasteiger partial charge < -0.3 is 14.6 Å². The molecule has 1 N–H and O–H groups in total. The fourth-order valence-corrected chi connectivity index (χ4v) is 1.98. The molecule has 0 spiro atoms. The van der Waals surface area contributed by atoms with E-state index in [2.05, 4.69) is 5.32 Å². The molecule has 2 aromatic rings. The predicted molar refractivity (Wildman–Crippen MR) is 81.3 cm³/mol. The van der Waals surface area contributed by atoms with Gasteiger partial charge in [0.2, 0.25) is 5.56 Å². The number of ether oxygens (including phenoxy) is 1. The Morgan fingerprint density at radius 3 is 2.62 bits per heavy atom. The largest absolute Gasteiger partial charge is 0.479 e. The zero-order valence-electron chi connectivity index (χ0n) is 12.0. The maximum atomic E-state index is 11.3. The van der Waals surface area contributed by atoms with Gasteiger partial charge in [-0.05, 0) is 30.7 Å². The molecule has 0 radical (unpaired) electrons. The average Bonchev–Trinajstić information content (AvgIpc) is 2.49. The van der Waals surface area contributed by atoms with Crippen LogP contribution < -0.4 is 15.6 Å². The van der Waals surface area contributed by atoms with Crippen LogP contribution in [0, 0.1) is 11.3 Å². The summed E-state index contributed by atoms with van der Waals surface area (Å²) in [6, 6.07) is 12.9. The molecule has 0 aliphatic carbocycles. The molecule has 0 aliphatic heterocycles. The summed E-state index contributed by atoms with van der Waals surface area (Å²) >= 11 is 0.